The standard InChI is InChI=1S/C24H28F3NO5S/c1-4-20(13-16(2)3)34(31,32)28-21-11-10-19(24(25,26)27)14-22(21)33-15-18-7-5-17(6-8-18)9-12-23(29)30/h5-12,14,16,20,28H,4,13,15H2,1-3H3,(H,29,30)/b12-9+. The second-order valence-corrected chi connectivity index (χ2v) is 10.2. The monoisotopic (exact) mass is 499 g/mol. The molecule has 1 atom stereocenters. The number of carboxylic acid groups (broad SMARTS) is 1. The molecule has 2 rings (SSSR count). The zero-order valence-electron chi connectivity index (χ0n) is 19.1. The van der Waals surface area contributed by atoms with Crippen LogP contribution in [-0.2, 0) is 27.6 Å². The molecule has 6 nitrogen and oxygen atoms in total. The van der Waals surface area contributed by atoms with Crippen molar-refractivity contribution in [1.82, 2.24) is 0 Å². The van der Waals surface area contributed by atoms with E-state index in [0.717, 1.165) is 24.3 Å². The summed E-state index contributed by atoms with van der Waals surface area (Å²) in [7, 11) is -3.86. The van der Waals surface area contributed by atoms with Crippen LogP contribution in [0.2, 0.25) is 0 Å². The van der Waals surface area contributed by atoms with Crippen molar-refractivity contribution < 1.29 is 36.2 Å². The highest BCUT2D eigenvalue weighted by atomic mass is 32.2. The van der Waals surface area contributed by atoms with Gasteiger partial charge in [0.1, 0.15) is 12.4 Å². The summed E-state index contributed by atoms with van der Waals surface area (Å²) < 4.78 is 73.6. The molecule has 0 radical (unpaired) electrons. The quantitative estimate of drug-likeness (QED) is 0.373. The Labute approximate surface area is 197 Å². The van der Waals surface area contributed by atoms with E-state index in [1.165, 1.54) is 6.08 Å². The first kappa shape index (κ1) is 27.2. The number of aliphatic carboxylic acids is 1. The maximum Gasteiger partial charge on any atom is 0.416 e. The highest BCUT2D eigenvalue weighted by Gasteiger charge is 2.32. The van der Waals surface area contributed by atoms with Crippen LogP contribution in [0.1, 0.15) is 50.3 Å². The Morgan fingerprint density at radius 3 is 2.32 bits per heavy atom. The Kier molecular flexibility index (Phi) is 9.14. The molecular weight excluding hydrogens is 471 g/mol. The highest BCUT2D eigenvalue weighted by molar-refractivity contribution is 7.93. The lowest BCUT2D eigenvalue weighted by atomic mass is 10.1. The summed E-state index contributed by atoms with van der Waals surface area (Å²) in [5, 5.41) is 7.98. The molecule has 0 heterocycles. The third-order valence-electron chi connectivity index (χ3n) is 4.98. The number of rotatable bonds is 11. The molecule has 0 bridgehead atoms. The first-order valence-electron chi connectivity index (χ1n) is 10.7. The number of anilines is 1. The molecule has 10 heteroatoms. The van der Waals surface area contributed by atoms with Crippen molar-refractivity contribution in [3.05, 3.63) is 65.2 Å². The third kappa shape index (κ3) is 8.09. The maximum absolute atomic E-state index is 13.3. The molecule has 0 aliphatic heterocycles. The Balaban J connectivity index is 2.29. The van der Waals surface area contributed by atoms with E-state index >= 15 is 0 Å². The van der Waals surface area contributed by atoms with Crippen molar-refractivity contribution in [2.45, 2.75) is 51.6 Å². The molecule has 2 N–H and O–H groups in total. The molecule has 0 aliphatic rings. The van der Waals surface area contributed by atoms with Crippen LogP contribution in [-0.4, -0.2) is 24.7 Å². The van der Waals surface area contributed by atoms with Crippen LogP contribution in [0.5, 0.6) is 5.75 Å². The van der Waals surface area contributed by atoms with E-state index in [9.17, 15) is 26.4 Å². The van der Waals surface area contributed by atoms with Gasteiger partial charge in [-0.3, -0.25) is 4.72 Å². The summed E-state index contributed by atoms with van der Waals surface area (Å²) >= 11 is 0. The van der Waals surface area contributed by atoms with E-state index in [2.05, 4.69) is 4.72 Å². The molecule has 2 aromatic rings. The van der Waals surface area contributed by atoms with E-state index in [1.807, 2.05) is 13.8 Å². The van der Waals surface area contributed by atoms with Crippen LogP contribution in [0.25, 0.3) is 6.08 Å². The summed E-state index contributed by atoms with van der Waals surface area (Å²) in [6, 6.07) is 9.15. The van der Waals surface area contributed by atoms with Crippen LogP contribution in [0.15, 0.2) is 48.5 Å². The van der Waals surface area contributed by atoms with E-state index < -0.39 is 33.0 Å². The van der Waals surface area contributed by atoms with Gasteiger partial charge in [0, 0.05) is 6.08 Å². The zero-order chi connectivity index (χ0) is 25.5. The first-order valence-corrected chi connectivity index (χ1v) is 12.2. The number of carbonyl (C=O) groups is 1. The zero-order valence-corrected chi connectivity index (χ0v) is 19.9. The molecule has 0 saturated heterocycles. The fourth-order valence-electron chi connectivity index (χ4n) is 3.23. The van der Waals surface area contributed by atoms with Gasteiger partial charge in [-0.1, -0.05) is 45.0 Å². The predicted molar refractivity (Wildman–Crippen MR) is 125 cm³/mol. The number of carboxylic acids is 1. The minimum Gasteiger partial charge on any atom is -0.487 e. The number of alkyl halides is 3. The van der Waals surface area contributed by atoms with Gasteiger partial charge in [0.15, 0.2) is 0 Å². The third-order valence-corrected chi connectivity index (χ3v) is 6.89. The predicted octanol–water partition coefficient (Wildman–Crippen LogP) is 5.95. The molecule has 0 saturated carbocycles. The number of halogens is 3. The first-order chi connectivity index (χ1) is 15.8. The van der Waals surface area contributed by atoms with E-state index in [1.54, 1.807) is 31.2 Å². The Morgan fingerprint density at radius 1 is 1.15 bits per heavy atom. The fourth-order valence-corrected chi connectivity index (χ4v) is 4.95. The molecule has 34 heavy (non-hydrogen) atoms. The summed E-state index contributed by atoms with van der Waals surface area (Å²) in [5.41, 5.74) is 0.185. The van der Waals surface area contributed by atoms with Gasteiger partial charge in [0.2, 0.25) is 10.0 Å². The molecule has 0 aromatic heterocycles. The number of hydrogen-bond acceptors (Lipinski definition) is 4. The largest absolute Gasteiger partial charge is 0.487 e. The van der Waals surface area contributed by atoms with Gasteiger partial charge >= 0.3 is 12.1 Å². The summed E-state index contributed by atoms with van der Waals surface area (Å²) in [4.78, 5) is 10.6. The minimum atomic E-state index is -4.63. The molecular formula is C24H28F3NO5S. The van der Waals surface area contributed by atoms with Gasteiger partial charge in [-0.15, -0.1) is 0 Å². The van der Waals surface area contributed by atoms with E-state index in [0.29, 0.717) is 24.0 Å². The maximum atomic E-state index is 13.3. The van der Waals surface area contributed by atoms with Crippen molar-refractivity contribution in [3.63, 3.8) is 0 Å². The highest BCUT2D eigenvalue weighted by Crippen LogP contribution is 2.36. The Hall–Kier alpha value is -3.01. The lowest BCUT2D eigenvalue weighted by Crippen LogP contribution is -2.29. The molecule has 0 fully saturated rings. The average Bonchev–Trinajstić information content (AvgIpc) is 2.74. The van der Waals surface area contributed by atoms with Gasteiger partial charge in [-0.05, 0) is 54.2 Å². The molecule has 0 spiro atoms. The molecule has 1 unspecified atom stereocenters. The summed E-state index contributed by atoms with van der Waals surface area (Å²) in [5.74, 6) is -1.21. The van der Waals surface area contributed by atoms with Gasteiger partial charge in [-0.2, -0.15) is 13.2 Å². The van der Waals surface area contributed by atoms with Crippen molar-refractivity contribution in [2.24, 2.45) is 5.92 Å². The average molecular weight is 500 g/mol. The van der Waals surface area contributed by atoms with Crippen LogP contribution in [0.3, 0.4) is 0 Å². The molecule has 2 aromatic carbocycles. The molecule has 186 valence electrons. The number of ether oxygens (including phenoxy) is 1. The van der Waals surface area contributed by atoms with Crippen LogP contribution < -0.4 is 9.46 Å². The van der Waals surface area contributed by atoms with Crippen molar-refractivity contribution in [3.8, 4) is 5.75 Å². The lowest BCUT2D eigenvalue weighted by molar-refractivity contribution is -0.137. The Morgan fingerprint density at radius 2 is 1.79 bits per heavy atom. The second kappa shape index (κ2) is 11.4. The van der Waals surface area contributed by atoms with Gasteiger partial charge in [0.05, 0.1) is 16.5 Å². The van der Waals surface area contributed by atoms with Gasteiger partial charge in [0.25, 0.3) is 0 Å². The van der Waals surface area contributed by atoms with Crippen LogP contribution in [0, 0.1) is 5.92 Å². The van der Waals surface area contributed by atoms with E-state index in [4.69, 9.17) is 9.84 Å². The summed E-state index contributed by atoms with van der Waals surface area (Å²) in [6.07, 6.45) is -1.49. The van der Waals surface area contributed by atoms with Gasteiger partial charge < -0.3 is 9.84 Å². The van der Waals surface area contributed by atoms with Gasteiger partial charge in [-0.25, -0.2) is 13.2 Å². The van der Waals surface area contributed by atoms with E-state index in [-0.39, 0.29) is 24.0 Å². The Bertz CT molecular complexity index is 1110. The number of nitrogens with one attached hydrogen (secondary N) is 1. The smallest absolute Gasteiger partial charge is 0.416 e. The summed E-state index contributed by atoms with van der Waals surface area (Å²) in [6.45, 7) is 5.41. The minimum absolute atomic E-state index is 0.0729. The lowest BCUT2D eigenvalue weighted by Gasteiger charge is -2.21. The van der Waals surface area contributed by atoms with Crippen molar-refractivity contribution in [2.75, 3.05) is 4.72 Å². The molecule has 0 aliphatic carbocycles. The van der Waals surface area contributed by atoms with Crippen molar-refractivity contribution in [1.29, 1.82) is 0 Å². The topological polar surface area (TPSA) is 92.7 Å². The number of benzene rings is 2. The molecule has 0 amide bonds. The van der Waals surface area contributed by atoms with Crippen LogP contribution >= 0.6 is 0 Å². The second-order valence-electron chi connectivity index (χ2n) is 8.22. The van der Waals surface area contributed by atoms with Crippen LogP contribution in [0.4, 0.5) is 18.9 Å². The van der Waals surface area contributed by atoms with Crippen molar-refractivity contribution >= 4 is 27.8 Å². The number of sulfonamides is 1. The normalized spacial score (nSPS) is 13.3. The SMILES string of the molecule is CCC(CC(C)C)S(=O)(=O)Nc1ccc(C(F)(F)F)cc1OCc1ccc(/C=C/C(=O)O)cc1. The number of hydrogen-bond donors (Lipinski definition) is 2. The fraction of sp³-hybridized carbons (Fsp3) is 0.375.